The van der Waals surface area contributed by atoms with Crippen molar-refractivity contribution in [3.8, 4) is 0 Å². The molecular formula is C18H26BrNO. The molecule has 0 aliphatic carbocycles. The van der Waals surface area contributed by atoms with Gasteiger partial charge >= 0.3 is 0 Å². The van der Waals surface area contributed by atoms with E-state index >= 15 is 0 Å². The first kappa shape index (κ1) is 18.0. The first-order valence-corrected chi connectivity index (χ1v) is 8.68. The first-order valence-electron chi connectivity index (χ1n) is 7.76. The Labute approximate surface area is 137 Å². The van der Waals surface area contributed by atoms with E-state index in [0.29, 0.717) is 5.56 Å². The van der Waals surface area contributed by atoms with E-state index < -0.39 is 0 Å². The van der Waals surface area contributed by atoms with Crippen LogP contribution < -0.4 is 5.32 Å². The summed E-state index contributed by atoms with van der Waals surface area (Å²) in [5.41, 5.74) is 3.91. The Hall–Kier alpha value is -1.09. The molecule has 21 heavy (non-hydrogen) atoms. The van der Waals surface area contributed by atoms with Crippen LogP contribution in [-0.2, 0) is 0 Å². The highest BCUT2D eigenvalue weighted by atomic mass is 79.9. The number of carbonyl (C=O) groups excluding carboxylic acids is 1. The minimum Gasteiger partial charge on any atom is -0.372 e. The van der Waals surface area contributed by atoms with Crippen LogP contribution in [0.15, 0.2) is 24.8 Å². The highest BCUT2D eigenvalue weighted by Crippen LogP contribution is 2.28. The normalized spacial score (nSPS) is 12.0. The summed E-state index contributed by atoms with van der Waals surface area (Å²) in [6.45, 7) is 8.47. The molecule has 0 aliphatic heterocycles. The summed E-state index contributed by atoms with van der Waals surface area (Å²) in [5.74, 6) is 0. The molecule has 0 heterocycles. The Morgan fingerprint density at radius 2 is 2.05 bits per heavy atom. The van der Waals surface area contributed by atoms with Gasteiger partial charge in [0.05, 0.1) is 4.95 Å². The molecule has 0 spiro atoms. The number of benzene rings is 1. The van der Waals surface area contributed by atoms with Gasteiger partial charge in [-0.3, -0.25) is 4.79 Å². The molecule has 1 unspecified atom stereocenters. The van der Waals surface area contributed by atoms with Gasteiger partial charge in [-0.15, -0.1) is 0 Å². The molecule has 0 fully saturated rings. The summed E-state index contributed by atoms with van der Waals surface area (Å²) in [6, 6.07) is 5.74. The van der Waals surface area contributed by atoms with Crippen molar-refractivity contribution in [1.82, 2.24) is 0 Å². The molecule has 0 saturated heterocycles. The number of allylic oxidation sites excluding steroid dienone is 1. The molecular weight excluding hydrogens is 326 g/mol. The van der Waals surface area contributed by atoms with E-state index in [2.05, 4.69) is 34.7 Å². The third-order valence-electron chi connectivity index (χ3n) is 3.50. The molecule has 1 aromatic rings. The molecule has 0 amide bonds. The van der Waals surface area contributed by atoms with Gasteiger partial charge in [-0.1, -0.05) is 67.2 Å². The highest BCUT2D eigenvalue weighted by Gasteiger charge is 2.09. The second kappa shape index (κ2) is 9.78. The van der Waals surface area contributed by atoms with Crippen LogP contribution in [0.5, 0.6) is 0 Å². The number of hydrogen-bond donors (Lipinski definition) is 1. The van der Waals surface area contributed by atoms with E-state index in [1.165, 1.54) is 32.1 Å². The van der Waals surface area contributed by atoms with Crippen molar-refractivity contribution in [3.63, 3.8) is 0 Å². The van der Waals surface area contributed by atoms with Crippen LogP contribution in [0.2, 0.25) is 0 Å². The fourth-order valence-corrected chi connectivity index (χ4v) is 2.60. The molecule has 1 rings (SSSR count). The summed E-state index contributed by atoms with van der Waals surface area (Å²) in [6.07, 6.45) is 8.21. The van der Waals surface area contributed by atoms with E-state index in [0.717, 1.165) is 29.5 Å². The fourth-order valence-electron chi connectivity index (χ4n) is 2.35. The number of anilines is 1. The summed E-state index contributed by atoms with van der Waals surface area (Å²) in [5, 5.41) is 3.34. The summed E-state index contributed by atoms with van der Waals surface area (Å²) < 4.78 is 0. The van der Waals surface area contributed by atoms with Crippen molar-refractivity contribution in [2.45, 2.75) is 57.3 Å². The maximum atomic E-state index is 10.9. The second-order valence-electron chi connectivity index (χ2n) is 5.45. The van der Waals surface area contributed by atoms with Crippen LogP contribution >= 0.6 is 15.9 Å². The van der Waals surface area contributed by atoms with Gasteiger partial charge in [0.25, 0.3) is 0 Å². The smallest absolute Gasteiger partial charge is 0.150 e. The molecule has 1 N–H and O–H groups in total. The molecule has 0 radical (unpaired) electrons. The lowest BCUT2D eigenvalue weighted by Gasteiger charge is -2.16. The zero-order valence-corrected chi connectivity index (χ0v) is 14.7. The van der Waals surface area contributed by atoms with Crippen molar-refractivity contribution in [3.05, 3.63) is 35.9 Å². The van der Waals surface area contributed by atoms with Crippen LogP contribution in [-0.4, -0.2) is 11.2 Å². The number of aldehydes is 1. The average molecular weight is 352 g/mol. The maximum Gasteiger partial charge on any atom is 0.150 e. The van der Waals surface area contributed by atoms with Gasteiger partial charge in [-0.2, -0.15) is 0 Å². The Morgan fingerprint density at radius 3 is 2.67 bits per heavy atom. The lowest BCUT2D eigenvalue weighted by atomic mass is 9.97. The number of halogens is 1. The van der Waals surface area contributed by atoms with Crippen molar-refractivity contribution in [2.24, 2.45) is 0 Å². The van der Waals surface area contributed by atoms with E-state index in [4.69, 9.17) is 0 Å². The monoisotopic (exact) mass is 351 g/mol. The Morgan fingerprint density at radius 1 is 1.33 bits per heavy atom. The van der Waals surface area contributed by atoms with Crippen molar-refractivity contribution >= 4 is 33.5 Å². The zero-order chi connectivity index (χ0) is 15.7. The predicted molar refractivity (Wildman–Crippen MR) is 96.3 cm³/mol. The number of hydrogen-bond acceptors (Lipinski definition) is 2. The van der Waals surface area contributed by atoms with E-state index in [9.17, 15) is 4.79 Å². The van der Waals surface area contributed by atoms with Crippen LogP contribution in [0.25, 0.3) is 5.57 Å². The molecule has 0 aromatic heterocycles. The molecule has 116 valence electrons. The SMILES string of the molecule is C=C(CCCCCCC)c1ccc(C=O)cc1NC(C)Br. The third kappa shape index (κ3) is 6.47. The van der Waals surface area contributed by atoms with Crippen molar-refractivity contribution in [2.75, 3.05) is 5.32 Å². The second-order valence-corrected chi connectivity index (χ2v) is 6.82. The minimum atomic E-state index is 0.149. The molecule has 0 aliphatic rings. The number of alkyl halides is 1. The van der Waals surface area contributed by atoms with Gasteiger partial charge in [0, 0.05) is 16.8 Å². The molecule has 3 heteroatoms. The lowest BCUT2D eigenvalue weighted by molar-refractivity contribution is 0.112. The molecule has 0 saturated carbocycles. The first-order chi connectivity index (χ1) is 10.1. The predicted octanol–water partition coefficient (Wildman–Crippen LogP) is 6.03. The summed E-state index contributed by atoms with van der Waals surface area (Å²) in [4.78, 5) is 11.1. The van der Waals surface area contributed by atoms with Crippen LogP contribution in [0, 0.1) is 0 Å². The fraction of sp³-hybridized carbons (Fsp3) is 0.500. The van der Waals surface area contributed by atoms with Crippen LogP contribution in [0.1, 0.15) is 68.3 Å². The largest absolute Gasteiger partial charge is 0.372 e. The highest BCUT2D eigenvalue weighted by molar-refractivity contribution is 9.09. The molecule has 1 aromatic carbocycles. The van der Waals surface area contributed by atoms with Gasteiger partial charge in [0.2, 0.25) is 0 Å². The summed E-state index contributed by atoms with van der Waals surface area (Å²) in [7, 11) is 0. The number of nitrogens with one attached hydrogen (secondary N) is 1. The van der Waals surface area contributed by atoms with Crippen molar-refractivity contribution < 1.29 is 4.79 Å². The topological polar surface area (TPSA) is 29.1 Å². The van der Waals surface area contributed by atoms with Crippen LogP contribution in [0.3, 0.4) is 0 Å². The van der Waals surface area contributed by atoms with Crippen molar-refractivity contribution in [1.29, 1.82) is 0 Å². The van der Waals surface area contributed by atoms with Gasteiger partial charge in [-0.25, -0.2) is 0 Å². The molecule has 0 bridgehead atoms. The van der Waals surface area contributed by atoms with Gasteiger partial charge in [0.1, 0.15) is 6.29 Å². The zero-order valence-electron chi connectivity index (χ0n) is 13.1. The Balaban J connectivity index is 2.70. The molecule has 2 nitrogen and oxygen atoms in total. The minimum absolute atomic E-state index is 0.149. The number of carbonyl (C=O) groups is 1. The van der Waals surface area contributed by atoms with E-state index in [1.807, 2.05) is 25.1 Å². The lowest BCUT2D eigenvalue weighted by Crippen LogP contribution is -2.08. The van der Waals surface area contributed by atoms with Crippen LogP contribution in [0.4, 0.5) is 5.69 Å². The van der Waals surface area contributed by atoms with E-state index in [-0.39, 0.29) is 4.95 Å². The molecule has 1 atom stereocenters. The van der Waals surface area contributed by atoms with Gasteiger partial charge < -0.3 is 5.32 Å². The standard InChI is InChI=1S/C18H26BrNO/c1-4-5-6-7-8-9-14(2)17-11-10-16(13-21)12-18(17)20-15(3)19/h10-13,15,20H,2,4-9H2,1,3H3. The maximum absolute atomic E-state index is 10.9. The number of unbranched alkanes of at least 4 members (excludes halogenated alkanes) is 4. The quantitative estimate of drug-likeness (QED) is 0.241. The van der Waals surface area contributed by atoms with E-state index in [1.54, 1.807) is 0 Å². The van der Waals surface area contributed by atoms with Gasteiger partial charge in [-0.05, 0) is 31.4 Å². The Bertz CT molecular complexity index is 468. The van der Waals surface area contributed by atoms with Gasteiger partial charge in [0.15, 0.2) is 0 Å². The summed E-state index contributed by atoms with van der Waals surface area (Å²) >= 11 is 3.49. The Kier molecular flexibility index (Phi) is 8.36. The number of rotatable bonds is 10. The third-order valence-corrected chi connectivity index (χ3v) is 3.73. The average Bonchev–Trinajstić information content (AvgIpc) is 2.46.